The van der Waals surface area contributed by atoms with Crippen molar-refractivity contribution in [2.45, 2.75) is 57.4 Å². The van der Waals surface area contributed by atoms with Crippen LogP contribution >= 0.6 is 0 Å². The molecule has 0 N–H and O–H groups in total. The Morgan fingerprint density at radius 2 is 1.55 bits per heavy atom. The van der Waals surface area contributed by atoms with Crippen molar-refractivity contribution in [1.29, 1.82) is 0 Å². The number of benzene rings is 2. The van der Waals surface area contributed by atoms with E-state index < -0.39 is 10.0 Å². The molecule has 2 aromatic carbocycles. The molecule has 2 fully saturated rings. The maximum atomic E-state index is 13.4. The van der Waals surface area contributed by atoms with E-state index in [1.54, 1.807) is 11.4 Å². The zero-order chi connectivity index (χ0) is 23.8. The molecule has 2 aromatic rings. The number of piperidine rings is 1. The SMILES string of the molecule is COc1ccc(C2CCCN2C(=O)C2CCN(S(=O)(=O)c3c(C)cc(C)cc3C)CC2)cc1. The molecule has 0 aliphatic carbocycles. The smallest absolute Gasteiger partial charge is 0.243 e. The van der Waals surface area contributed by atoms with E-state index in [9.17, 15) is 13.2 Å². The van der Waals surface area contributed by atoms with Crippen LogP contribution in [0.25, 0.3) is 0 Å². The lowest BCUT2D eigenvalue weighted by atomic mass is 9.95. The monoisotopic (exact) mass is 470 g/mol. The number of hydrogen-bond donors (Lipinski definition) is 0. The molecular formula is C26H34N2O4S. The Morgan fingerprint density at radius 1 is 0.939 bits per heavy atom. The molecule has 0 saturated carbocycles. The lowest BCUT2D eigenvalue weighted by Gasteiger charge is -2.35. The first-order valence-electron chi connectivity index (χ1n) is 11.7. The Balaban J connectivity index is 1.44. The number of ether oxygens (including phenoxy) is 1. The second-order valence-electron chi connectivity index (χ2n) is 9.37. The van der Waals surface area contributed by atoms with Crippen LogP contribution in [0.3, 0.4) is 0 Å². The summed E-state index contributed by atoms with van der Waals surface area (Å²) < 4.78 is 33.6. The van der Waals surface area contributed by atoms with Crippen LogP contribution in [0.5, 0.6) is 5.75 Å². The number of hydrogen-bond acceptors (Lipinski definition) is 4. The van der Waals surface area contributed by atoms with Gasteiger partial charge in [0.05, 0.1) is 18.0 Å². The number of likely N-dealkylation sites (tertiary alicyclic amines) is 1. The third-order valence-electron chi connectivity index (χ3n) is 7.04. The molecule has 1 unspecified atom stereocenters. The summed E-state index contributed by atoms with van der Waals surface area (Å²) in [4.78, 5) is 15.8. The largest absolute Gasteiger partial charge is 0.497 e. The maximum Gasteiger partial charge on any atom is 0.243 e. The van der Waals surface area contributed by atoms with Crippen molar-refractivity contribution in [3.63, 3.8) is 0 Å². The summed E-state index contributed by atoms with van der Waals surface area (Å²) in [5.74, 6) is 0.839. The van der Waals surface area contributed by atoms with Gasteiger partial charge < -0.3 is 9.64 Å². The summed E-state index contributed by atoms with van der Waals surface area (Å²) in [6, 6.07) is 11.9. The predicted molar refractivity (Wildman–Crippen MR) is 129 cm³/mol. The first-order valence-corrected chi connectivity index (χ1v) is 13.2. The number of carbonyl (C=O) groups excluding carboxylic acids is 1. The van der Waals surface area contributed by atoms with Crippen molar-refractivity contribution >= 4 is 15.9 Å². The van der Waals surface area contributed by atoms with E-state index in [1.807, 2.05) is 62.1 Å². The average molecular weight is 471 g/mol. The van der Waals surface area contributed by atoms with Gasteiger partial charge in [0, 0.05) is 25.6 Å². The van der Waals surface area contributed by atoms with E-state index in [2.05, 4.69) is 0 Å². The number of methoxy groups -OCH3 is 1. The number of carbonyl (C=O) groups is 1. The Labute approximate surface area is 197 Å². The van der Waals surface area contributed by atoms with E-state index in [-0.39, 0.29) is 17.9 Å². The highest BCUT2D eigenvalue weighted by atomic mass is 32.2. The molecule has 7 heteroatoms. The van der Waals surface area contributed by atoms with Gasteiger partial charge in [0.2, 0.25) is 15.9 Å². The summed E-state index contributed by atoms with van der Waals surface area (Å²) in [5, 5.41) is 0. The number of aryl methyl sites for hydroxylation is 3. The van der Waals surface area contributed by atoms with Gasteiger partial charge in [-0.05, 0) is 75.3 Å². The minimum Gasteiger partial charge on any atom is -0.497 e. The van der Waals surface area contributed by atoms with Crippen LogP contribution in [0.1, 0.15) is 54.0 Å². The van der Waals surface area contributed by atoms with Crippen molar-refractivity contribution in [2.24, 2.45) is 5.92 Å². The second kappa shape index (κ2) is 9.47. The predicted octanol–water partition coefficient (Wildman–Crippen LogP) is 4.38. The second-order valence-corrected chi connectivity index (χ2v) is 11.2. The van der Waals surface area contributed by atoms with Crippen LogP contribution in [-0.4, -0.2) is 50.3 Å². The van der Waals surface area contributed by atoms with Crippen molar-refractivity contribution in [2.75, 3.05) is 26.7 Å². The fourth-order valence-corrected chi connectivity index (χ4v) is 7.36. The van der Waals surface area contributed by atoms with Crippen molar-refractivity contribution in [3.8, 4) is 5.75 Å². The zero-order valence-corrected chi connectivity index (χ0v) is 20.8. The van der Waals surface area contributed by atoms with Crippen LogP contribution in [0.2, 0.25) is 0 Å². The van der Waals surface area contributed by atoms with Gasteiger partial charge in [-0.15, -0.1) is 0 Å². The molecule has 2 heterocycles. The summed E-state index contributed by atoms with van der Waals surface area (Å²) >= 11 is 0. The summed E-state index contributed by atoms with van der Waals surface area (Å²) in [7, 11) is -1.92. The summed E-state index contributed by atoms with van der Waals surface area (Å²) in [6.07, 6.45) is 3.07. The van der Waals surface area contributed by atoms with Gasteiger partial charge >= 0.3 is 0 Å². The quantitative estimate of drug-likeness (QED) is 0.650. The standard InChI is InChI=1S/C26H34N2O4S/c1-18-16-19(2)25(20(3)17-18)33(30,31)27-14-11-22(12-15-27)26(29)28-13-5-6-24(28)21-7-9-23(32-4)10-8-21/h7-10,16-17,22,24H,5-6,11-15H2,1-4H3. The molecule has 178 valence electrons. The Kier molecular flexibility index (Phi) is 6.82. The van der Waals surface area contributed by atoms with Crippen LogP contribution in [0.15, 0.2) is 41.3 Å². The lowest BCUT2D eigenvalue weighted by molar-refractivity contribution is -0.137. The molecule has 2 aliphatic rings. The highest BCUT2D eigenvalue weighted by molar-refractivity contribution is 7.89. The first-order chi connectivity index (χ1) is 15.7. The highest BCUT2D eigenvalue weighted by Crippen LogP contribution is 2.36. The molecule has 33 heavy (non-hydrogen) atoms. The normalized spacial score (nSPS) is 20.2. The Bertz CT molecular complexity index is 1100. The third-order valence-corrected chi connectivity index (χ3v) is 9.25. The van der Waals surface area contributed by atoms with Gasteiger partial charge in [-0.25, -0.2) is 8.42 Å². The van der Waals surface area contributed by atoms with Crippen molar-refractivity contribution < 1.29 is 17.9 Å². The minimum absolute atomic E-state index is 0.0861. The number of sulfonamides is 1. The van der Waals surface area contributed by atoms with Gasteiger partial charge in [-0.1, -0.05) is 29.8 Å². The van der Waals surface area contributed by atoms with Gasteiger partial charge in [0.25, 0.3) is 0 Å². The van der Waals surface area contributed by atoms with E-state index in [1.165, 1.54) is 0 Å². The first kappa shape index (κ1) is 23.8. The van der Waals surface area contributed by atoms with E-state index in [0.29, 0.717) is 30.8 Å². The molecule has 0 spiro atoms. The summed E-state index contributed by atoms with van der Waals surface area (Å²) in [5.41, 5.74) is 3.76. The molecule has 0 bridgehead atoms. The molecule has 4 rings (SSSR count). The zero-order valence-electron chi connectivity index (χ0n) is 20.0. The van der Waals surface area contributed by atoms with E-state index in [4.69, 9.17) is 4.74 Å². The number of nitrogens with zero attached hydrogens (tertiary/aromatic N) is 2. The molecule has 1 atom stereocenters. The van der Waals surface area contributed by atoms with Crippen molar-refractivity contribution in [3.05, 3.63) is 58.7 Å². The molecular weight excluding hydrogens is 436 g/mol. The van der Waals surface area contributed by atoms with Crippen molar-refractivity contribution in [1.82, 2.24) is 9.21 Å². The van der Waals surface area contributed by atoms with Gasteiger partial charge in [-0.3, -0.25) is 4.79 Å². The lowest BCUT2D eigenvalue weighted by Crippen LogP contribution is -2.44. The minimum atomic E-state index is -3.57. The third kappa shape index (κ3) is 4.66. The van der Waals surface area contributed by atoms with Gasteiger partial charge in [-0.2, -0.15) is 4.31 Å². The number of rotatable bonds is 5. The van der Waals surface area contributed by atoms with Crippen LogP contribution in [0, 0.1) is 26.7 Å². The fourth-order valence-electron chi connectivity index (χ4n) is 5.48. The maximum absolute atomic E-state index is 13.4. The molecule has 0 aromatic heterocycles. The Hall–Kier alpha value is -2.38. The molecule has 2 aliphatic heterocycles. The van der Waals surface area contributed by atoms with E-state index >= 15 is 0 Å². The molecule has 6 nitrogen and oxygen atoms in total. The van der Waals surface area contributed by atoms with Gasteiger partial charge in [0.15, 0.2) is 0 Å². The fraction of sp³-hybridized carbons (Fsp3) is 0.500. The molecule has 2 saturated heterocycles. The molecule has 0 radical (unpaired) electrons. The van der Waals surface area contributed by atoms with Crippen LogP contribution in [-0.2, 0) is 14.8 Å². The van der Waals surface area contributed by atoms with Crippen LogP contribution in [0.4, 0.5) is 0 Å². The van der Waals surface area contributed by atoms with Gasteiger partial charge in [0.1, 0.15) is 5.75 Å². The van der Waals surface area contributed by atoms with Crippen LogP contribution < -0.4 is 4.74 Å². The topological polar surface area (TPSA) is 66.9 Å². The highest BCUT2D eigenvalue weighted by Gasteiger charge is 2.38. The summed E-state index contributed by atoms with van der Waals surface area (Å²) in [6.45, 7) is 7.21. The average Bonchev–Trinajstić information content (AvgIpc) is 3.28. The molecule has 1 amide bonds. The Morgan fingerprint density at radius 3 is 2.12 bits per heavy atom. The van der Waals surface area contributed by atoms with E-state index in [0.717, 1.165) is 47.4 Å². The number of amides is 1.